The second-order valence-electron chi connectivity index (χ2n) is 3.62. The summed E-state index contributed by atoms with van der Waals surface area (Å²) in [7, 11) is 0. The van der Waals surface area contributed by atoms with Crippen molar-refractivity contribution in [2.24, 2.45) is 0 Å². The van der Waals surface area contributed by atoms with Gasteiger partial charge in [-0.1, -0.05) is 0 Å². The average molecular weight is 172 g/mol. The van der Waals surface area contributed by atoms with Crippen LogP contribution in [-0.4, -0.2) is 24.3 Å². The van der Waals surface area contributed by atoms with E-state index in [1.54, 1.807) is 0 Å². The smallest absolute Gasteiger partial charge is 0.163 e. The second-order valence-corrected chi connectivity index (χ2v) is 3.62. The highest BCUT2D eigenvalue weighted by Crippen LogP contribution is 2.29. The lowest BCUT2D eigenvalue weighted by Crippen LogP contribution is -2.21. The zero-order chi connectivity index (χ0) is 9.19. The maximum Gasteiger partial charge on any atom is 0.163 e. The van der Waals surface area contributed by atoms with Gasteiger partial charge in [0.2, 0.25) is 0 Å². The molecular weight excluding hydrogens is 156 g/mol. The fourth-order valence-electron chi connectivity index (χ4n) is 1.54. The third kappa shape index (κ3) is 2.29. The molecule has 1 rings (SSSR count). The molecule has 70 valence electrons. The van der Waals surface area contributed by atoms with Gasteiger partial charge >= 0.3 is 0 Å². The molecule has 0 N–H and O–H groups in total. The van der Waals surface area contributed by atoms with Crippen LogP contribution in [0.5, 0.6) is 0 Å². The van der Waals surface area contributed by atoms with Gasteiger partial charge < -0.3 is 14.3 Å². The van der Waals surface area contributed by atoms with Crippen LogP contribution in [0.1, 0.15) is 33.6 Å². The van der Waals surface area contributed by atoms with Crippen molar-refractivity contribution in [2.75, 3.05) is 0 Å². The van der Waals surface area contributed by atoms with Crippen molar-refractivity contribution in [1.29, 1.82) is 0 Å². The first kappa shape index (κ1) is 9.68. The molecule has 1 fully saturated rings. The van der Waals surface area contributed by atoms with Gasteiger partial charge in [-0.25, -0.2) is 0 Å². The SMILES string of the molecule is CC1OC(C)(C)OC1CCC=O. The standard InChI is InChI=1S/C9H16O3/c1-7-8(5-4-6-10)12-9(2,3)11-7/h6-8H,4-5H2,1-3H3. The predicted octanol–water partition coefficient (Wildman–Crippen LogP) is 1.51. The van der Waals surface area contributed by atoms with Crippen LogP contribution in [-0.2, 0) is 14.3 Å². The average Bonchev–Trinajstić information content (AvgIpc) is 2.20. The molecule has 2 unspecified atom stereocenters. The Hall–Kier alpha value is -0.410. The van der Waals surface area contributed by atoms with E-state index in [4.69, 9.17) is 9.47 Å². The van der Waals surface area contributed by atoms with E-state index in [0.717, 1.165) is 12.7 Å². The zero-order valence-corrected chi connectivity index (χ0v) is 7.87. The summed E-state index contributed by atoms with van der Waals surface area (Å²) in [6, 6.07) is 0. The van der Waals surface area contributed by atoms with E-state index in [-0.39, 0.29) is 12.2 Å². The summed E-state index contributed by atoms with van der Waals surface area (Å²) < 4.78 is 11.1. The number of hydrogen-bond acceptors (Lipinski definition) is 3. The van der Waals surface area contributed by atoms with Gasteiger partial charge in [-0.15, -0.1) is 0 Å². The fourth-order valence-corrected chi connectivity index (χ4v) is 1.54. The highest BCUT2D eigenvalue weighted by molar-refractivity contribution is 5.49. The molecule has 0 aromatic carbocycles. The summed E-state index contributed by atoms with van der Waals surface area (Å²) in [5.74, 6) is -0.479. The Labute approximate surface area is 73.0 Å². The van der Waals surface area contributed by atoms with Crippen LogP contribution in [0.25, 0.3) is 0 Å². The molecule has 1 heterocycles. The Morgan fingerprint density at radius 2 is 2.08 bits per heavy atom. The number of rotatable bonds is 3. The molecule has 3 heteroatoms. The first-order valence-electron chi connectivity index (χ1n) is 4.34. The van der Waals surface area contributed by atoms with Crippen LogP contribution < -0.4 is 0 Å². The van der Waals surface area contributed by atoms with Gasteiger partial charge in [-0.3, -0.25) is 0 Å². The monoisotopic (exact) mass is 172 g/mol. The van der Waals surface area contributed by atoms with E-state index >= 15 is 0 Å². The van der Waals surface area contributed by atoms with Crippen molar-refractivity contribution in [3.8, 4) is 0 Å². The minimum atomic E-state index is -0.479. The van der Waals surface area contributed by atoms with E-state index in [1.165, 1.54) is 0 Å². The van der Waals surface area contributed by atoms with Gasteiger partial charge in [0.1, 0.15) is 6.29 Å². The largest absolute Gasteiger partial charge is 0.345 e. The Kier molecular flexibility index (Phi) is 2.85. The maximum atomic E-state index is 10.1. The summed E-state index contributed by atoms with van der Waals surface area (Å²) in [6.45, 7) is 5.76. The number of ether oxygens (including phenoxy) is 2. The van der Waals surface area contributed by atoms with Crippen molar-refractivity contribution < 1.29 is 14.3 Å². The van der Waals surface area contributed by atoms with Gasteiger partial charge in [0.15, 0.2) is 5.79 Å². The lowest BCUT2D eigenvalue weighted by atomic mass is 10.1. The number of carbonyl (C=O) groups excluding carboxylic acids is 1. The van der Waals surface area contributed by atoms with Crippen molar-refractivity contribution in [1.82, 2.24) is 0 Å². The van der Waals surface area contributed by atoms with Crippen molar-refractivity contribution >= 4 is 6.29 Å². The molecule has 0 bridgehead atoms. The summed E-state index contributed by atoms with van der Waals surface area (Å²) in [5, 5.41) is 0. The number of carbonyl (C=O) groups is 1. The quantitative estimate of drug-likeness (QED) is 0.605. The molecule has 12 heavy (non-hydrogen) atoms. The fraction of sp³-hybridized carbons (Fsp3) is 0.889. The van der Waals surface area contributed by atoms with Gasteiger partial charge in [-0.2, -0.15) is 0 Å². The number of hydrogen-bond donors (Lipinski definition) is 0. The lowest BCUT2D eigenvalue weighted by Gasteiger charge is -2.16. The molecule has 1 aliphatic heterocycles. The highest BCUT2D eigenvalue weighted by atomic mass is 16.7. The normalized spacial score (nSPS) is 33.6. The van der Waals surface area contributed by atoms with Crippen LogP contribution in [0.4, 0.5) is 0 Å². The molecule has 0 aromatic heterocycles. The molecule has 0 radical (unpaired) electrons. The predicted molar refractivity (Wildman–Crippen MR) is 44.8 cm³/mol. The van der Waals surface area contributed by atoms with E-state index in [1.807, 2.05) is 20.8 Å². The molecular formula is C9H16O3. The molecule has 2 atom stereocenters. The van der Waals surface area contributed by atoms with Crippen LogP contribution in [0, 0.1) is 0 Å². The summed E-state index contributed by atoms with van der Waals surface area (Å²) in [6.07, 6.45) is 2.40. The van der Waals surface area contributed by atoms with Crippen molar-refractivity contribution in [2.45, 2.75) is 51.6 Å². The first-order chi connectivity index (χ1) is 5.55. The highest BCUT2D eigenvalue weighted by Gasteiger charge is 2.37. The topological polar surface area (TPSA) is 35.5 Å². The van der Waals surface area contributed by atoms with Gasteiger partial charge in [0.05, 0.1) is 12.2 Å². The maximum absolute atomic E-state index is 10.1. The first-order valence-corrected chi connectivity index (χ1v) is 4.34. The van der Waals surface area contributed by atoms with E-state index in [2.05, 4.69) is 0 Å². The van der Waals surface area contributed by atoms with Crippen LogP contribution in [0.3, 0.4) is 0 Å². The molecule has 1 saturated heterocycles. The van der Waals surface area contributed by atoms with Gasteiger partial charge in [0, 0.05) is 6.42 Å². The third-order valence-electron chi connectivity index (χ3n) is 2.00. The zero-order valence-electron chi connectivity index (χ0n) is 7.87. The molecule has 0 saturated carbocycles. The van der Waals surface area contributed by atoms with Crippen LogP contribution in [0.15, 0.2) is 0 Å². The van der Waals surface area contributed by atoms with Crippen LogP contribution >= 0.6 is 0 Å². The lowest BCUT2D eigenvalue weighted by molar-refractivity contribution is -0.145. The van der Waals surface area contributed by atoms with Crippen molar-refractivity contribution in [3.63, 3.8) is 0 Å². The van der Waals surface area contributed by atoms with Crippen LogP contribution in [0.2, 0.25) is 0 Å². The van der Waals surface area contributed by atoms with E-state index < -0.39 is 5.79 Å². The van der Waals surface area contributed by atoms with E-state index in [0.29, 0.717) is 6.42 Å². The Morgan fingerprint density at radius 1 is 1.42 bits per heavy atom. The number of aldehydes is 1. The Balaban J connectivity index is 2.41. The summed E-state index contributed by atoms with van der Waals surface area (Å²) >= 11 is 0. The minimum Gasteiger partial charge on any atom is -0.345 e. The summed E-state index contributed by atoms with van der Waals surface area (Å²) in [4.78, 5) is 10.1. The molecule has 0 aliphatic carbocycles. The van der Waals surface area contributed by atoms with Crippen molar-refractivity contribution in [3.05, 3.63) is 0 Å². The Bertz CT molecular complexity index is 165. The van der Waals surface area contributed by atoms with E-state index in [9.17, 15) is 4.79 Å². The Morgan fingerprint density at radius 3 is 2.50 bits per heavy atom. The molecule has 0 amide bonds. The van der Waals surface area contributed by atoms with Gasteiger partial charge in [-0.05, 0) is 27.2 Å². The second kappa shape index (κ2) is 3.54. The third-order valence-corrected chi connectivity index (χ3v) is 2.00. The minimum absolute atomic E-state index is 0.0743. The van der Waals surface area contributed by atoms with Gasteiger partial charge in [0.25, 0.3) is 0 Å². The summed E-state index contributed by atoms with van der Waals surface area (Å²) in [5.41, 5.74) is 0. The molecule has 0 spiro atoms. The molecule has 3 nitrogen and oxygen atoms in total. The molecule has 1 aliphatic rings. The molecule has 0 aromatic rings.